The molecule has 112 valence electrons. The van der Waals surface area contributed by atoms with Gasteiger partial charge in [0.05, 0.1) is 17.7 Å². The zero-order valence-corrected chi connectivity index (χ0v) is 12.5. The topological polar surface area (TPSA) is 58.6 Å². The average molecular weight is 287 g/mol. The fraction of sp³-hybridized carbons (Fsp3) is 0.471. The number of aliphatic hydroxyl groups excluding tert-OH is 1. The molecule has 21 heavy (non-hydrogen) atoms. The van der Waals surface area contributed by atoms with Gasteiger partial charge in [0.1, 0.15) is 6.61 Å². The van der Waals surface area contributed by atoms with Crippen LogP contribution in [0.2, 0.25) is 0 Å². The molecule has 0 saturated heterocycles. The summed E-state index contributed by atoms with van der Waals surface area (Å²) < 4.78 is 5.47. The summed E-state index contributed by atoms with van der Waals surface area (Å²) in [6.07, 6.45) is 3.34. The first-order valence-electron chi connectivity index (χ1n) is 7.14. The van der Waals surface area contributed by atoms with E-state index in [-0.39, 0.29) is 18.1 Å². The van der Waals surface area contributed by atoms with Gasteiger partial charge in [-0.15, -0.1) is 0 Å². The Balaban J connectivity index is 2.10. The van der Waals surface area contributed by atoms with Gasteiger partial charge < -0.3 is 15.2 Å². The van der Waals surface area contributed by atoms with E-state index >= 15 is 0 Å². The quantitative estimate of drug-likeness (QED) is 0.835. The maximum Gasteiger partial charge on any atom is 0.227 e. The number of aryl methyl sites for hydroxylation is 1. The monoisotopic (exact) mass is 287 g/mol. The number of rotatable bonds is 4. The van der Waals surface area contributed by atoms with Gasteiger partial charge >= 0.3 is 0 Å². The molecule has 0 aliphatic heterocycles. The highest BCUT2D eigenvalue weighted by molar-refractivity contribution is 5.93. The zero-order valence-electron chi connectivity index (χ0n) is 12.5. The molecule has 0 spiro atoms. The Morgan fingerprint density at radius 2 is 2.24 bits per heavy atom. The van der Waals surface area contributed by atoms with Crippen molar-refractivity contribution >= 4 is 11.6 Å². The van der Waals surface area contributed by atoms with E-state index in [0.29, 0.717) is 12.1 Å². The Bertz CT molecular complexity index is 574. The predicted molar refractivity (Wildman–Crippen MR) is 82.0 cm³/mol. The van der Waals surface area contributed by atoms with Crippen molar-refractivity contribution in [2.75, 3.05) is 19.0 Å². The molecular weight excluding hydrogens is 266 g/mol. The minimum absolute atomic E-state index is 0.0625. The third-order valence-corrected chi connectivity index (χ3v) is 3.93. The van der Waals surface area contributed by atoms with Crippen LogP contribution in [-0.2, 0) is 9.53 Å². The first-order chi connectivity index (χ1) is 10.1. The SMILES string of the molecule is COC1(CC(=O)Nc2ccc(C)cc2C#CCO)CCC1. The van der Waals surface area contributed by atoms with Gasteiger partial charge in [-0.2, -0.15) is 0 Å². The van der Waals surface area contributed by atoms with E-state index in [0.717, 1.165) is 30.4 Å². The van der Waals surface area contributed by atoms with Crippen molar-refractivity contribution in [2.24, 2.45) is 0 Å². The molecule has 0 radical (unpaired) electrons. The summed E-state index contributed by atoms with van der Waals surface area (Å²) in [6.45, 7) is 1.76. The fourth-order valence-electron chi connectivity index (χ4n) is 2.52. The van der Waals surface area contributed by atoms with Crippen molar-refractivity contribution in [2.45, 2.75) is 38.2 Å². The number of carbonyl (C=O) groups excluding carboxylic acids is 1. The van der Waals surface area contributed by atoms with Crippen LogP contribution in [0.5, 0.6) is 0 Å². The van der Waals surface area contributed by atoms with E-state index in [9.17, 15) is 4.79 Å². The second-order valence-electron chi connectivity index (χ2n) is 5.47. The summed E-state index contributed by atoms with van der Waals surface area (Å²) in [7, 11) is 1.66. The van der Waals surface area contributed by atoms with E-state index in [4.69, 9.17) is 9.84 Å². The lowest BCUT2D eigenvalue weighted by Crippen LogP contribution is -2.42. The van der Waals surface area contributed by atoms with Gasteiger partial charge in [0, 0.05) is 12.7 Å². The Morgan fingerprint density at radius 3 is 2.81 bits per heavy atom. The van der Waals surface area contributed by atoms with Crippen molar-refractivity contribution in [3.63, 3.8) is 0 Å². The fourth-order valence-corrected chi connectivity index (χ4v) is 2.52. The first-order valence-corrected chi connectivity index (χ1v) is 7.14. The van der Waals surface area contributed by atoms with Crippen molar-refractivity contribution in [3.05, 3.63) is 29.3 Å². The van der Waals surface area contributed by atoms with Crippen molar-refractivity contribution < 1.29 is 14.6 Å². The number of methoxy groups -OCH3 is 1. The van der Waals surface area contributed by atoms with Gasteiger partial charge in [-0.25, -0.2) is 0 Å². The van der Waals surface area contributed by atoms with E-state index in [1.807, 2.05) is 25.1 Å². The summed E-state index contributed by atoms with van der Waals surface area (Å²) in [5.74, 6) is 5.42. The number of benzene rings is 1. The van der Waals surface area contributed by atoms with E-state index in [1.165, 1.54) is 0 Å². The molecular formula is C17H21NO3. The smallest absolute Gasteiger partial charge is 0.227 e. The molecule has 2 N–H and O–H groups in total. The van der Waals surface area contributed by atoms with Crippen LogP contribution < -0.4 is 5.32 Å². The molecule has 0 heterocycles. The first kappa shape index (κ1) is 15.6. The standard InChI is InChI=1S/C17H21NO3/c1-13-6-7-15(14(11-13)5-3-10-19)18-16(20)12-17(21-2)8-4-9-17/h6-7,11,19H,4,8-10,12H2,1-2H3,(H,18,20). The van der Waals surface area contributed by atoms with E-state index in [2.05, 4.69) is 17.2 Å². The van der Waals surface area contributed by atoms with Gasteiger partial charge in [-0.3, -0.25) is 4.79 Å². The molecule has 1 fully saturated rings. The number of hydrogen-bond acceptors (Lipinski definition) is 3. The lowest BCUT2D eigenvalue weighted by atomic mass is 9.77. The Labute approximate surface area is 125 Å². The average Bonchev–Trinajstić information content (AvgIpc) is 2.43. The minimum atomic E-state index is -0.286. The molecule has 0 aromatic heterocycles. The summed E-state index contributed by atoms with van der Waals surface area (Å²) in [4.78, 5) is 12.2. The molecule has 1 saturated carbocycles. The van der Waals surface area contributed by atoms with Crippen LogP contribution in [0.25, 0.3) is 0 Å². The normalized spacial score (nSPS) is 15.6. The van der Waals surface area contributed by atoms with Gasteiger partial charge in [-0.05, 0) is 43.9 Å². The van der Waals surface area contributed by atoms with Crippen LogP contribution in [0.15, 0.2) is 18.2 Å². The Hall–Kier alpha value is -1.83. The second kappa shape index (κ2) is 6.75. The van der Waals surface area contributed by atoms with Crippen LogP contribution >= 0.6 is 0 Å². The number of amides is 1. The predicted octanol–water partition coefficient (Wildman–Crippen LogP) is 2.24. The molecule has 0 bridgehead atoms. The number of nitrogens with one attached hydrogen (secondary N) is 1. The highest BCUT2D eigenvalue weighted by atomic mass is 16.5. The van der Waals surface area contributed by atoms with Crippen LogP contribution in [0, 0.1) is 18.8 Å². The van der Waals surface area contributed by atoms with Crippen molar-refractivity contribution in [3.8, 4) is 11.8 Å². The maximum absolute atomic E-state index is 12.2. The molecule has 1 aromatic carbocycles. The number of hydrogen-bond donors (Lipinski definition) is 2. The van der Waals surface area contributed by atoms with Crippen LogP contribution in [0.3, 0.4) is 0 Å². The van der Waals surface area contributed by atoms with Gasteiger partial charge in [-0.1, -0.05) is 17.9 Å². The highest BCUT2D eigenvalue weighted by Gasteiger charge is 2.39. The molecule has 4 heteroatoms. The van der Waals surface area contributed by atoms with Gasteiger partial charge in [0.25, 0.3) is 0 Å². The maximum atomic E-state index is 12.2. The molecule has 0 unspecified atom stereocenters. The zero-order chi connectivity index (χ0) is 15.3. The number of anilines is 1. The molecule has 1 amide bonds. The summed E-state index contributed by atoms with van der Waals surface area (Å²) in [5, 5.41) is 11.7. The number of ether oxygens (including phenoxy) is 1. The molecule has 0 atom stereocenters. The van der Waals surface area contributed by atoms with Gasteiger partial charge in [0.15, 0.2) is 0 Å². The third kappa shape index (κ3) is 3.84. The van der Waals surface area contributed by atoms with Crippen LogP contribution in [-0.4, -0.2) is 30.3 Å². The van der Waals surface area contributed by atoms with E-state index in [1.54, 1.807) is 7.11 Å². The lowest BCUT2D eigenvalue weighted by Gasteiger charge is -2.39. The number of carbonyl (C=O) groups is 1. The summed E-state index contributed by atoms with van der Waals surface area (Å²) >= 11 is 0. The molecule has 1 aromatic rings. The van der Waals surface area contributed by atoms with Crippen molar-refractivity contribution in [1.82, 2.24) is 0 Å². The third-order valence-electron chi connectivity index (χ3n) is 3.93. The highest BCUT2D eigenvalue weighted by Crippen LogP contribution is 2.38. The molecule has 2 rings (SSSR count). The van der Waals surface area contributed by atoms with Crippen LogP contribution in [0.1, 0.15) is 36.8 Å². The Morgan fingerprint density at radius 1 is 1.48 bits per heavy atom. The van der Waals surface area contributed by atoms with Crippen molar-refractivity contribution in [1.29, 1.82) is 0 Å². The summed E-state index contributed by atoms with van der Waals surface area (Å²) in [6, 6.07) is 5.66. The second-order valence-corrected chi connectivity index (χ2v) is 5.47. The molecule has 1 aliphatic rings. The largest absolute Gasteiger partial charge is 0.384 e. The molecule has 4 nitrogen and oxygen atoms in total. The van der Waals surface area contributed by atoms with E-state index < -0.39 is 0 Å². The summed E-state index contributed by atoms with van der Waals surface area (Å²) in [5.41, 5.74) is 2.17. The lowest BCUT2D eigenvalue weighted by molar-refractivity contribution is -0.129. The Kier molecular flexibility index (Phi) is 5.00. The molecule has 1 aliphatic carbocycles. The van der Waals surface area contributed by atoms with Gasteiger partial charge in [0.2, 0.25) is 5.91 Å². The minimum Gasteiger partial charge on any atom is -0.384 e. The number of aliphatic hydroxyl groups is 1. The van der Waals surface area contributed by atoms with Crippen LogP contribution in [0.4, 0.5) is 5.69 Å².